The van der Waals surface area contributed by atoms with Gasteiger partial charge < -0.3 is 14.8 Å². The van der Waals surface area contributed by atoms with E-state index in [1.54, 1.807) is 24.3 Å². The van der Waals surface area contributed by atoms with Gasteiger partial charge in [-0.15, -0.1) is 0 Å². The molecule has 1 fully saturated rings. The van der Waals surface area contributed by atoms with Crippen molar-refractivity contribution in [1.29, 1.82) is 0 Å². The third kappa shape index (κ3) is 5.50. The Morgan fingerprint density at radius 2 is 1.84 bits per heavy atom. The smallest absolute Gasteiger partial charge is 0.223 e. The molecule has 1 amide bonds. The summed E-state index contributed by atoms with van der Waals surface area (Å²) in [7, 11) is -3.45. The van der Waals surface area contributed by atoms with Crippen LogP contribution >= 0.6 is 11.6 Å². The molecule has 0 spiro atoms. The Labute approximate surface area is 187 Å². The van der Waals surface area contributed by atoms with Crippen molar-refractivity contribution in [2.45, 2.75) is 24.7 Å². The number of rotatable bonds is 6. The molecule has 9 heteroatoms. The number of piperidine rings is 1. The van der Waals surface area contributed by atoms with Gasteiger partial charge in [0.25, 0.3) is 0 Å². The van der Waals surface area contributed by atoms with Gasteiger partial charge in [-0.05, 0) is 42.7 Å². The van der Waals surface area contributed by atoms with Crippen LogP contribution < -0.4 is 14.8 Å². The topological polar surface area (TPSA) is 84.9 Å². The van der Waals surface area contributed by atoms with E-state index in [-0.39, 0.29) is 23.7 Å². The molecule has 1 saturated heterocycles. The molecule has 0 aromatic heterocycles. The van der Waals surface area contributed by atoms with Gasteiger partial charge in [-0.3, -0.25) is 4.79 Å². The average molecular weight is 465 g/mol. The molecule has 0 saturated carbocycles. The van der Waals surface area contributed by atoms with Gasteiger partial charge in [-0.25, -0.2) is 12.7 Å². The van der Waals surface area contributed by atoms with Crippen LogP contribution in [0.2, 0.25) is 5.02 Å². The summed E-state index contributed by atoms with van der Waals surface area (Å²) in [6.07, 6.45) is 0.730. The fourth-order valence-corrected chi connectivity index (χ4v) is 5.61. The monoisotopic (exact) mass is 464 g/mol. The lowest BCUT2D eigenvalue weighted by Crippen LogP contribution is -2.46. The number of nitrogens with zero attached hydrogens (tertiary/aromatic N) is 1. The molecule has 166 valence electrons. The number of sulfonamides is 1. The first-order valence-corrected chi connectivity index (χ1v) is 12.3. The zero-order valence-electron chi connectivity index (χ0n) is 17.0. The number of benzene rings is 2. The van der Waals surface area contributed by atoms with E-state index < -0.39 is 10.0 Å². The van der Waals surface area contributed by atoms with Crippen LogP contribution in [-0.2, 0) is 20.6 Å². The summed E-state index contributed by atoms with van der Waals surface area (Å²) >= 11 is 5.95. The Hall–Kier alpha value is -2.29. The number of halogens is 1. The molecule has 0 unspecified atom stereocenters. The van der Waals surface area contributed by atoms with Crippen molar-refractivity contribution in [3.05, 3.63) is 59.1 Å². The quantitative estimate of drug-likeness (QED) is 0.710. The van der Waals surface area contributed by atoms with Crippen molar-refractivity contribution in [3.63, 3.8) is 0 Å². The molecule has 7 nitrogen and oxygen atoms in total. The molecule has 2 aliphatic rings. The van der Waals surface area contributed by atoms with E-state index in [1.807, 2.05) is 24.3 Å². The summed E-state index contributed by atoms with van der Waals surface area (Å²) in [6.45, 7) is 1.38. The number of amides is 1. The van der Waals surface area contributed by atoms with E-state index in [0.717, 1.165) is 0 Å². The molecule has 0 aliphatic carbocycles. The van der Waals surface area contributed by atoms with Gasteiger partial charge in [-0.1, -0.05) is 35.9 Å². The maximum atomic E-state index is 12.7. The fourth-order valence-electron chi connectivity index (χ4n) is 3.85. The lowest BCUT2D eigenvalue weighted by atomic mass is 9.97. The van der Waals surface area contributed by atoms with Crippen LogP contribution in [0.5, 0.6) is 11.5 Å². The van der Waals surface area contributed by atoms with Crippen LogP contribution in [0.3, 0.4) is 0 Å². The number of hydrogen-bond acceptors (Lipinski definition) is 5. The third-order valence-corrected chi connectivity index (χ3v) is 7.61. The number of nitrogens with one attached hydrogen (secondary N) is 1. The molecule has 0 bridgehead atoms. The van der Waals surface area contributed by atoms with Crippen LogP contribution in [0, 0.1) is 5.92 Å². The first-order chi connectivity index (χ1) is 14.9. The maximum Gasteiger partial charge on any atom is 0.223 e. The lowest BCUT2D eigenvalue weighted by Gasteiger charge is -2.31. The molecule has 2 aliphatic heterocycles. The second kappa shape index (κ2) is 9.46. The molecule has 1 atom stereocenters. The summed E-state index contributed by atoms with van der Waals surface area (Å²) in [5.74, 6) is 0.997. The van der Waals surface area contributed by atoms with Crippen molar-refractivity contribution in [2.24, 2.45) is 5.92 Å². The first kappa shape index (κ1) is 21.9. The standard InChI is InChI=1S/C22H25ClN2O5S/c23-18-5-3-4-16(12-18)15-31(27,28)25-10-8-17(9-11-25)22(26)24-13-19-14-29-20-6-1-2-7-21(20)30-19/h1-7,12,17,19H,8-11,13-15H2,(H,24,26)/t19-/m1/s1. The Kier molecular flexibility index (Phi) is 6.69. The molecule has 0 radical (unpaired) electrons. The average Bonchev–Trinajstić information content (AvgIpc) is 2.77. The van der Waals surface area contributed by atoms with Crippen LogP contribution in [0.1, 0.15) is 18.4 Å². The highest BCUT2D eigenvalue weighted by Gasteiger charge is 2.31. The van der Waals surface area contributed by atoms with Gasteiger partial charge in [0.1, 0.15) is 12.7 Å². The van der Waals surface area contributed by atoms with E-state index in [1.165, 1.54) is 4.31 Å². The third-order valence-electron chi connectivity index (χ3n) is 5.53. The Morgan fingerprint density at radius 1 is 1.10 bits per heavy atom. The minimum atomic E-state index is -3.45. The number of para-hydroxylation sites is 2. The number of fused-ring (bicyclic) bond motifs is 1. The van der Waals surface area contributed by atoms with Crippen molar-refractivity contribution in [1.82, 2.24) is 9.62 Å². The SMILES string of the molecule is O=C(NC[C@@H]1COc2ccccc2O1)C1CCN(S(=O)(=O)Cc2cccc(Cl)c2)CC1. The van der Waals surface area contributed by atoms with Gasteiger partial charge in [0, 0.05) is 24.0 Å². The van der Waals surface area contributed by atoms with Crippen LogP contribution in [0.25, 0.3) is 0 Å². The highest BCUT2D eigenvalue weighted by Crippen LogP contribution is 2.30. The van der Waals surface area contributed by atoms with Crippen LogP contribution in [0.4, 0.5) is 0 Å². The lowest BCUT2D eigenvalue weighted by molar-refractivity contribution is -0.126. The Morgan fingerprint density at radius 3 is 2.58 bits per heavy atom. The van der Waals surface area contributed by atoms with Gasteiger partial charge in [0.15, 0.2) is 11.5 Å². The summed E-state index contributed by atoms with van der Waals surface area (Å²) in [4.78, 5) is 12.6. The fraction of sp³-hybridized carbons (Fsp3) is 0.409. The summed E-state index contributed by atoms with van der Waals surface area (Å²) in [5, 5.41) is 3.44. The van der Waals surface area contributed by atoms with Crippen molar-refractivity contribution in [3.8, 4) is 11.5 Å². The van der Waals surface area contributed by atoms with Crippen molar-refractivity contribution < 1.29 is 22.7 Å². The Bertz CT molecular complexity index is 1040. The number of carbonyl (C=O) groups is 1. The zero-order valence-corrected chi connectivity index (χ0v) is 18.6. The first-order valence-electron chi connectivity index (χ1n) is 10.3. The predicted octanol–water partition coefficient (Wildman–Crippen LogP) is 2.84. The maximum absolute atomic E-state index is 12.7. The normalized spacial score (nSPS) is 19.7. The van der Waals surface area contributed by atoms with E-state index in [0.29, 0.717) is 61.2 Å². The summed E-state index contributed by atoms with van der Waals surface area (Å²) in [5.41, 5.74) is 0.656. The highest BCUT2D eigenvalue weighted by atomic mass is 35.5. The van der Waals surface area contributed by atoms with Crippen molar-refractivity contribution in [2.75, 3.05) is 26.2 Å². The van der Waals surface area contributed by atoms with Crippen molar-refractivity contribution >= 4 is 27.5 Å². The van der Waals surface area contributed by atoms with E-state index in [4.69, 9.17) is 21.1 Å². The van der Waals surface area contributed by atoms with Gasteiger partial charge in [0.2, 0.25) is 15.9 Å². The zero-order chi connectivity index (χ0) is 21.8. The minimum absolute atomic E-state index is 0.0747. The van der Waals surface area contributed by atoms with E-state index in [9.17, 15) is 13.2 Å². The largest absolute Gasteiger partial charge is 0.486 e. The summed E-state index contributed by atoms with van der Waals surface area (Å²) in [6, 6.07) is 14.3. The highest BCUT2D eigenvalue weighted by molar-refractivity contribution is 7.88. The van der Waals surface area contributed by atoms with E-state index >= 15 is 0 Å². The molecule has 4 rings (SSSR count). The minimum Gasteiger partial charge on any atom is -0.486 e. The van der Waals surface area contributed by atoms with Gasteiger partial charge in [0.05, 0.1) is 12.3 Å². The van der Waals surface area contributed by atoms with Crippen LogP contribution in [-0.4, -0.2) is 51.0 Å². The van der Waals surface area contributed by atoms with E-state index in [2.05, 4.69) is 5.32 Å². The number of carbonyl (C=O) groups excluding carboxylic acids is 1. The molecular formula is C22H25ClN2O5S. The molecular weight excluding hydrogens is 440 g/mol. The predicted molar refractivity (Wildman–Crippen MR) is 118 cm³/mol. The molecule has 2 aromatic carbocycles. The summed E-state index contributed by atoms with van der Waals surface area (Å²) < 4.78 is 38.4. The van der Waals surface area contributed by atoms with Gasteiger partial charge >= 0.3 is 0 Å². The van der Waals surface area contributed by atoms with Crippen LogP contribution in [0.15, 0.2) is 48.5 Å². The number of hydrogen-bond donors (Lipinski definition) is 1. The van der Waals surface area contributed by atoms with Gasteiger partial charge in [-0.2, -0.15) is 0 Å². The second-order valence-corrected chi connectivity index (χ2v) is 10.2. The molecule has 2 heterocycles. The second-order valence-electron chi connectivity index (χ2n) is 7.80. The Balaban J connectivity index is 1.24. The number of ether oxygens (including phenoxy) is 2. The molecule has 2 aromatic rings. The molecule has 1 N–H and O–H groups in total. The molecule has 31 heavy (non-hydrogen) atoms.